The van der Waals surface area contributed by atoms with E-state index >= 15 is 0 Å². The third-order valence-electron chi connectivity index (χ3n) is 1.91. The molecule has 0 aromatic heterocycles. The van der Waals surface area contributed by atoms with Gasteiger partial charge in [-0.3, -0.25) is 0 Å². The van der Waals surface area contributed by atoms with Crippen molar-refractivity contribution in [1.29, 1.82) is 0 Å². The summed E-state index contributed by atoms with van der Waals surface area (Å²) < 4.78 is 21.4. The minimum Gasteiger partial charge on any atom is -0.393 e. The van der Waals surface area contributed by atoms with Gasteiger partial charge < -0.3 is 10.4 Å². The van der Waals surface area contributed by atoms with E-state index in [1.54, 1.807) is 6.92 Å². The van der Waals surface area contributed by atoms with Gasteiger partial charge in [0.2, 0.25) is 0 Å². The molecular weight excluding hydrogens is 178 g/mol. The first kappa shape index (κ1) is 9.95. The monoisotopic (exact) mass is 193 g/mol. The summed E-state index contributed by atoms with van der Waals surface area (Å²) in [6.07, 6.45) is 0.366. The molecule has 0 aromatic rings. The molecule has 0 amide bonds. The number of sulfone groups is 1. The second kappa shape index (κ2) is 3.72. The van der Waals surface area contributed by atoms with Gasteiger partial charge in [0, 0.05) is 6.04 Å². The van der Waals surface area contributed by atoms with E-state index in [9.17, 15) is 8.42 Å². The summed E-state index contributed by atoms with van der Waals surface area (Å²) in [6.45, 7) is 2.41. The van der Waals surface area contributed by atoms with Crippen molar-refractivity contribution < 1.29 is 13.5 Å². The third-order valence-corrected chi connectivity index (χ3v) is 3.73. The lowest BCUT2D eigenvalue weighted by atomic mass is 10.2. The van der Waals surface area contributed by atoms with Crippen molar-refractivity contribution in [1.82, 2.24) is 5.32 Å². The molecule has 2 N–H and O–H groups in total. The van der Waals surface area contributed by atoms with Crippen molar-refractivity contribution in [3.8, 4) is 0 Å². The highest BCUT2D eigenvalue weighted by atomic mass is 32.2. The van der Waals surface area contributed by atoms with Crippen LogP contribution in [0.4, 0.5) is 0 Å². The van der Waals surface area contributed by atoms with Crippen LogP contribution in [0.5, 0.6) is 0 Å². The van der Waals surface area contributed by atoms with Gasteiger partial charge >= 0.3 is 0 Å². The Kier molecular flexibility index (Phi) is 3.09. The Balaban J connectivity index is 2.05. The van der Waals surface area contributed by atoms with E-state index < -0.39 is 9.84 Å². The highest BCUT2D eigenvalue weighted by Crippen LogP contribution is 2.09. The highest BCUT2D eigenvalue weighted by Gasteiger charge is 2.32. The molecule has 12 heavy (non-hydrogen) atoms. The molecule has 1 heterocycles. The summed E-state index contributed by atoms with van der Waals surface area (Å²) in [4.78, 5) is 0. The van der Waals surface area contributed by atoms with E-state index in [-0.39, 0.29) is 23.7 Å². The molecule has 0 spiro atoms. The average molecular weight is 193 g/mol. The third kappa shape index (κ3) is 3.08. The van der Waals surface area contributed by atoms with Gasteiger partial charge in [-0.2, -0.15) is 0 Å². The van der Waals surface area contributed by atoms with Crippen molar-refractivity contribution >= 4 is 9.84 Å². The Morgan fingerprint density at radius 1 is 1.58 bits per heavy atom. The maximum absolute atomic E-state index is 10.7. The Morgan fingerprint density at radius 3 is 2.58 bits per heavy atom. The van der Waals surface area contributed by atoms with Crippen molar-refractivity contribution in [2.24, 2.45) is 0 Å². The predicted octanol–water partition coefficient (Wildman–Crippen LogP) is -0.856. The Bertz CT molecular complexity index is 223. The minimum atomic E-state index is -2.71. The number of aliphatic hydroxyl groups is 1. The van der Waals surface area contributed by atoms with Crippen molar-refractivity contribution in [3.63, 3.8) is 0 Å². The topological polar surface area (TPSA) is 66.4 Å². The van der Waals surface area contributed by atoms with Crippen molar-refractivity contribution in [2.75, 3.05) is 18.1 Å². The summed E-state index contributed by atoms with van der Waals surface area (Å²) in [5.41, 5.74) is 0. The molecule has 1 atom stereocenters. The van der Waals surface area contributed by atoms with Gasteiger partial charge in [0.15, 0.2) is 9.84 Å². The SMILES string of the molecule is CC(O)CCNC1CS(=O)(=O)C1. The molecule has 0 saturated carbocycles. The fraction of sp³-hybridized carbons (Fsp3) is 1.00. The van der Waals surface area contributed by atoms with E-state index in [2.05, 4.69) is 5.32 Å². The van der Waals surface area contributed by atoms with E-state index in [0.717, 1.165) is 0 Å². The van der Waals surface area contributed by atoms with Gasteiger partial charge in [0.05, 0.1) is 17.6 Å². The molecule has 1 unspecified atom stereocenters. The minimum absolute atomic E-state index is 0.119. The maximum atomic E-state index is 10.7. The lowest BCUT2D eigenvalue weighted by Gasteiger charge is -2.26. The van der Waals surface area contributed by atoms with Crippen LogP contribution in [0.15, 0.2) is 0 Å². The largest absolute Gasteiger partial charge is 0.393 e. The molecule has 5 heteroatoms. The van der Waals surface area contributed by atoms with Gasteiger partial charge in [-0.1, -0.05) is 0 Å². The van der Waals surface area contributed by atoms with Crippen LogP contribution in [-0.2, 0) is 9.84 Å². The number of hydrogen-bond donors (Lipinski definition) is 2. The van der Waals surface area contributed by atoms with Crippen LogP contribution < -0.4 is 5.32 Å². The smallest absolute Gasteiger partial charge is 0.153 e. The van der Waals surface area contributed by atoms with Crippen LogP contribution in [0.3, 0.4) is 0 Å². The molecule has 0 aliphatic carbocycles. The first-order valence-corrected chi connectivity index (χ1v) is 5.93. The molecular formula is C7H15NO3S. The quantitative estimate of drug-likeness (QED) is 0.610. The molecule has 1 aliphatic heterocycles. The van der Waals surface area contributed by atoms with Crippen LogP contribution >= 0.6 is 0 Å². The summed E-state index contributed by atoms with van der Waals surface area (Å²) in [5, 5.41) is 12.0. The van der Waals surface area contributed by atoms with Crippen molar-refractivity contribution in [2.45, 2.75) is 25.5 Å². The van der Waals surface area contributed by atoms with Gasteiger partial charge in [-0.25, -0.2) is 8.42 Å². The standard InChI is InChI=1S/C7H15NO3S/c1-6(9)2-3-8-7-4-12(10,11)5-7/h6-9H,2-5H2,1H3. The number of rotatable bonds is 4. The first-order valence-electron chi connectivity index (χ1n) is 4.11. The molecule has 4 nitrogen and oxygen atoms in total. The van der Waals surface area contributed by atoms with Crippen LogP contribution in [0.1, 0.15) is 13.3 Å². The molecule has 0 aromatic carbocycles. The van der Waals surface area contributed by atoms with E-state index in [4.69, 9.17) is 5.11 Å². The Labute approximate surface area is 72.9 Å². The summed E-state index contributed by atoms with van der Waals surface area (Å²) in [6, 6.07) is 0.119. The molecule has 1 rings (SSSR count). The fourth-order valence-electron chi connectivity index (χ4n) is 1.18. The summed E-state index contributed by atoms with van der Waals surface area (Å²) in [5.74, 6) is 0.514. The molecule has 1 saturated heterocycles. The number of nitrogens with one attached hydrogen (secondary N) is 1. The predicted molar refractivity (Wildman–Crippen MR) is 46.7 cm³/mol. The van der Waals surface area contributed by atoms with Crippen LogP contribution in [0.2, 0.25) is 0 Å². The van der Waals surface area contributed by atoms with Crippen LogP contribution in [-0.4, -0.2) is 43.7 Å². The summed E-state index contributed by atoms with van der Waals surface area (Å²) in [7, 11) is -2.71. The number of hydrogen-bond acceptors (Lipinski definition) is 4. The summed E-state index contributed by atoms with van der Waals surface area (Å²) >= 11 is 0. The Hall–Kier alpha value is -0.130. The van der Waals surface area contributed by atoms with Gasteiger partial charge in [0.25, 0.3) is 0 Å². The second-order valence-electron chi connectivity index (χ2n) is 3.37. The molecule has 72 valence electrons. The normalized spacial score (nSPS) is 24.8. The maximum Gasteiger partial charge on any atom is 0.153 e. The van der Waals surface area contributed by atoms with E-state index in [0.29, 0.717) is 13.0 Å². The molecule has 0 radical (unpaired) electrons. The van der Waals surface area contributed by atoms with E-state index in [1.165, 1.54) is 0 Å². The Morgan fingerprint density at radius 2 is 2.17 bits per heavy atom. The molecule has 1 fully saturated rings. The lowest BCUT2D eigenvalue weighted by molar-refractivity contribution is 0.182. The fourth-order valence-corrected chi connectivity index (χ4v) is 2.54. The highest BCUT2D eigenvalue weighted by molar-refractivity contribution is 7.92. The zero-order valence-electron chi connectivity index (χ0n) is 7.16. The van der Waals surface area contributed by atoms with Crippen LogP contribution in [0.25, 0.3) is 0 Å². The van der Waals surface area contributed by atoms with E-state index in [1.807, 2.05) is 0 Å². The zero-order chi connectivity index (χ0) is 9.19. The first-order chi connectivity index (χ1) is 5.49. The molecule has 0 bridgehead atoms. The second-order valence-corrected chi connectivity index (χ2v) is 5.52. The van der Waals surface area contributed by atoms with Crippen molar-refractivity contribution in [3.05, 3.63) is 0 Å². The van der Waals surface area contributed by atoms with Gasteiger partial charge in [-0.15, -0.1) is 0 Å². The lowest BCUT2D eigenvalue weighted by Crippen LogP contribution is -2.51. The number of aliphatic hydroxyl groups excluding tert-OH is 1. The van der Waals surface area contributed by atoms with Gasteiger partial charge in [0.1, 0.15) is 0 Å². The zero-order valence-corrected chi connectivity index (χ0v) is 7.97. The molecule has 1 aliphatic rings. The van der Waals surface area contributed by atoms with Gasteiger partial charge in [-0.05, 0) is 19.9 Å². The average Bonchev–Trinajstić information content (AvgIpc) is 1.82. The van der Waals surface area contributed by atoms with Crippen LogP contribution in [0, 0.1) is 0 Å².